The standard InChI is InChI=1S/C24H30O5S/c1-27-24(26)16-29-23-12-6-10-21-18(7-5-11-22(21)23)13-14-30-17-19(25)15-28-20-8-3-2-4-9-20/h2-4,6,8-10,12,18-19,25H,5,7,11,13-17H2,1H3. The monoisotopic (exact) mass is 430 g/mol. The summed E-state index contributed by atoms with van der Waals surface area (Å²) >= 11 is 1.76. The van der Waals surface area contributed by atoms with Crippen LogP contribution in [-0.2, 0) is 16.0 Å². The summed E-state index contributed by atoms with van der Waals surface area (Å²) in [5.74, 6) is 3.34. The van der Waals surface area contributed by atoms with Crippen LogP contribution in [0.2, 0.25) is 0 Å². The summed E-state index contributed by atoms with van der Waals surface area (Å²) in [6.07, 6.45) is 3.84. The predicted octanol–water partition coefficient (Wildman–Crippen LogP) is 4.22. The quantitative estimate of drug-likeness (QED) is 0.425. The smallest absolute Gasteiger partial charge is 0.343 e. The molecule has 6 heteroatoms. The van der Waals surface area contributed by atoms with Crippen LogP contribution in [0.3, 0.4) is 0 Å². The number of methoxy groups -OCH3 is 1. The van der Waals surface area contributed by atoms with E-state index in [0.717, 1.165) is 42.9 Å². The molecular weight excluding hydrogens is 400 g/mol. The maximum absolute atomic E-state index is 11.4. The molecule has 0 bridgehead atoms. The third-order valence-electron chi connectivity index (χ3n) is 5.27. The zero-order chi connectivity index (χ0) is 21.2. The first-order valence-corrected chi connectivity index (χ1v) is 11.6. The lowest BCUT2D eigenvalue weighted by atomic mass is 9.81. The van der Waals surface area contributed by atoms with Crippen molar-refractivity contribution in [1.82, 2.24) is 0 Å². The molecule has 2 unspecified atom stereocenters. The second-order valence-electron chi connectivity index (χ2n) is 7.42. The Morgan fingerprint density at radius 3 is 2.80 bits per heavy atom. The van der Waals surface area contributed by atoms with Gasteiger partial charge in [0.25, 0.3) is 0 Å². The normalized spacial score (nSPS) is 16.4. The van der Waals surface area contributed by atoms with E-state index in [4.69, 9.17) is 9.47 Å². The van der Waals surface area contributed by atoms with Crippen molar-refractivity contribution < 1.29 is 24.1 Å². The van der Waals surface area contributed by atoms with Crippen molar-refractivity contribution in [2.45, 2.75) is 37.7 Å². The summed E-state index contributed by atoms with van der Waals surface area (Å²) in [5, 5.41) is 10.2. The fourth-order valence-electron chi connectivity index (χ4n) is 3.75. The number of aliphatic hydroxyl groups excluding tert-OH is 1. The molecule has 5 nitrogen and oxygen atoms in total. The fourth-order valence-corrected chi connectivity index (χ4v) is 4.73. The van der Waals surface area contributed by atoms with Gasteiger partial charge in [-0.1, -0.05) is 30.3 Å². The maximum Gasteiger partial charge on any atom is 0.343 e. The molecule has 0 saturated heterocycles. The van der Waals surface area contributed by atoms with Crippen LogP contribution in [0.4, 0.5) is 0 Å². The lowest BCUT2D eigenvalue weighted by Crippen LogP contribution is -2.20. The van der Waals surface area contributed by atoms with Crippen LogP contribution in [-0.4, -0.2) is 49.0 Å². The lowest BCUT2D eigenvalue weighted by molar-refractivity contribution is -0.142. The number of carbonyl (C=O) groups excluding carboxylic acids is 1. The molecule has 1 aliphatic carbocycles. The third kappa shape index (κ3) is 6.67. The highest BCUT2D eigenvalue weighted by Crippen LogP contribution is 2.39. The van der Waals surface area contributed by atoms with Crippen LogP contribution < -0.4 is 9.47 Å². The van der Waals surface area contributed by atoms with Crippen LogP contribution in [0.15, 0.2) is 48.5 Å². The van der Waals surface area contributed by atoms with Gasteiger partial charge in [-0.25, -0.2) is 4.79 Å². The Kier molecular flexibility index (Phi) is 8.90. The van der Waals surface area contributed by atoms with Crippen LogP contribution in [0.1, 0.15) is 36.3 Å². The molecular formula is C24H30O5S. The molecule has 0 aromatic heterocycles. The SMILES string of the molecule is COC(=O)COc1cccc2c1CCCC2CCSCC(O)COc1ccccc1. The largest absolute Gasteiger partial charge is 0.491 e. The Labute approximate surface area is 182 Å². The number of aliphatic hydroxyl groups is 1. The second kappa shape index (κ2) is 11.9. The third-order valence-corrected chi connectivity index (χ3v) is 6.41. The molecule has 3 rings (SSSR count). The van der Waals surface area contributed by atoms with E-state index in [9.17, 15) is 9.90 Å². The van der Waals surface area contributed by atoms with Gasteiger partial charge >= 0.3 is 5.97 Å². The van der Waals surface area contributed by atoms with Crippen LogP contribution in [0, 0.1) is 0 Å². The molecule has 1 N–H and O–H groups in total. The van der Waals surface area contributed by atoms with Gasteiger partial charge in [0.1, 0.15) is 18.1 Å². The molecule has 1 aliphatic rings. The molecule has 0 amide bonds. The van der Waals surface area contributed by atoms with Gasteiger partial charge in [0.15, 0.2) is 6.61 Å². The van der Waals surface area contributed by atoms with E-state index in [2.05, 4.69) is 10.8 Å². The first-order valence-electron chi connectivity index (χ1n) is 10.4. The molecule has 2 atom stereocenters. The van der Waals surface area contributed by atoms with Crippen molar-refractivity contribution in [3.8, 4) is 11.5 Å². The molecule has 30 heavy (non-hydrogen) atoms. The predicted molar refractivity (Wildman–Crippen MR) is 120 cm³/mol. The van der Waals surface area contributed by atoms with Gasteiger partial charge in [0.05, 0.1) is 13.2 Å². The number of fused-ring (bicyclic) bond motifs is 1. The summed E-state index contributed by atoms with van der Waals surface area (Å²) in [6, 6.07) is 15.7. The van der Waals surface area contributed by atoms with Crippen LogP contribution in [0.5, 0.6) is 11.5 Å². The van der Waals surface area contributed by atoms with Crippen LogP contribution >= 0.6 is 11.8 Å². The van der Waals surface area contributed by atoms with Gasteiger partial charge in [0.2, 0.25) is 0 Å². The Hall–Kier alpha value is -2.18. The van der Waals surface area contributed by atoms with E-state index < -0.39 is 6.10 Å². The van der Waals surface area contributed by atoms with E-state index >= 15 is 0 Å². The lowest BCUT2D eigenvalue weighted by Gasteiger charge is -2.27. The molecule has 0 saturated carbocycles. The van der Waals surface area contributed by atoms with E-state index in [1.807, 2.05) is 42.5 Å². The topological polar surface area (TPSA) is 65.0 Å². The number of thioether (sulfide) groups is 1. The molecule has 0 spiro atoms. The minimum atomic E-state index is -0.479. The van der Waals surface area contributed by atoms with Gasteiger partial charge in [-0.2, -0.15) is 11.8 Å². The number of rotatable bonds is 11. The van der Waals surface area contributed by atoms with E-state index in [0.29, 0.717) is 18.3 Å². The minimum absolute atomic E-state index is 0.0591. The highest BCUT2D eigenvalue weighted by molar-refractivity contribution is 7.99. The summed E-state index contributed by atoms with van der Waals surface area (Å²) < 4.78 is 16.0. The number of carbonyl (C=O) groups is 1. The summed E-state index contributed by atoms with van der Waals surface area (Å²) in [5.41, 5.74) is 2.55. The number of hydrogen-bond acceptors (Lipinski definition) is 6. The zero-order valence-electron chi connectivity index (χ0n) is 17.4. The van der Waals surface area contributed by atoms with E-state index in [-0.39, 0.29) is 12.6 Å². The number of ether oxygens (including phenoxy) is 3. The Morgan fingerprint density at radius 1 is 1.17 bits per heavy atom. The number of benzene rings is 2. The van der Waals surface area contributed by atoms with Crippen molar-refractivity contribution in [3.63, 3.8) is 0 Å². The Bertz CT molecular complexity index is 795. The van der Waals surface area contributed by atoms with Crippen molar-refractivity contribution in [1.29, 1.82) is 0 Å². The molecule has 0 aliphatic heterocycles. The van der Waals surface area contributed by atoms with Crippen molar-refractivity contribution in [3.05, 3.63) is 59.7 Å². The molecule has 0 radical (unpaired) electrons. The maximum atomic E-state index is 11.4. The van der Waals surface area contributed by atoms with Gasteiger partial charge in [-0.05, 0) is 66.7 Å². The second-order valence-corrected chi connectivity index (χ2v) is 8.57. The van der Waals surface area contributed by atoms with Gasteiger partial charge in [-0.15, -0.1) is 0 Å². The molecule has 0 heterocycles. The van der Waals surface area contributed by atoms with Crippen molar-refractivity contribution in [2.75, 3.05) is 31.8 Å². The van der Waals surface area contributed by atoms with Crippen molar-refractivity contribution >= 4 is 17.7 Å². The van der Waals surface area contributed by atoms with Crippen molar-refractivity contribution in [2.24, 2.45) is 0 Å². The molecule has 2 aromatic rings. The average molecular weight is 431 g/mol. The number of para-hydroxylation sites is 1. The van der Waals surface area contributed by atoms with E-state index in [1.54, 1.807) is 11.8 Å². The summed E-state index contributed by atoms with van der Waals surface area (Å²) in [4.78, 5) is 11.4. The number of esters is 1. The number of hydrogen-bond donors (Lipinski definition) is 1. The minimum Gasteiger partial charge on any atom is -0.491 e. The molecule has 162 valence electrons. The summed E-state index contributed by atoms with van der Waals surface area (Å²) in [6.45, 7) is 0.251. The fraction of sp³-hybridized carbons (Fsp3) is 0.458. The van der Waals surface area contributed by atoms with E-state index in [1.165, 1.54) is 18.2 Å². The first kappa shape index (κ1) is 22.5. The molecule has 2 aromatic carbocycles. The Morgan fingerprint density at radius 2 is 2.00 bits per heavy atom. The van der Waals surface area contributed by atoms with Gasteiger partial charge in [-0.3, -0.25) is 0 Å². The highest BCUT2D eigenvalue weighted by Gasteiger charge is 2.23. The Balaban J connectivity index is 1.44. The van der Waals surface area contributed by atoms with Gasteiger partial charge in [0, 0.05) is 5.75 Å². The average Bonchev–Trinajstić information content (AvgIpc) is 2.79. The summed E-state index contributed by atoms with van der Waals surface area (Å²) in [7, 11) is 1.37. The zero-order valence-corrected chi connectivity index (χ0v) is 18.2. The molecule has 0 fully saturated rings. The van der Waals surface area contributed by atoms with Crippen LogP contribution in [0.25, 0.3) is 0 Å². The first-order chi connectivity index (χ1) is 14.7. The highest BCUT2D eigenvalue weighted by atomic mass is 32.2. The van der Waals surface area contributed by atoms with Gasteiger partial charge < -0.3 is 19.3 Å².